The van der Waals surface area contributed by atoms with E-state index in [0.717, 1.165) is 22.6 Å². The average molecular weight is 224 g/mol. The predicted molar refractivity (Wildman–Crippen MR) is 58.9 cm³/mol. The van der Waals surface area contributed by atoms with Crippen molar-refractivity contribution in [3.8, 4) is 11.5 Å². The molecule has 16 heavy (non-hydrogen) atoms. The van der Waals surface area contributed by atoms with Crippen LogP contribution in [-0.4, -0.2) is 27.4 Å². The monoisotopic (exact) mass is 224 g/mol. The van der Waals surface area contributed by atoms with E-state index in [0.29, 0.717) is 13.2 Å². The van der Waals surface area contributed by atoms with E-state index in [1.807, 2.05) is 19.1 Å². The molecule has 0 bridgehead atoms. The molecule has 0 radical (unpaired) electrons. The van der Waals surface area contributed by atoms with E-state index in [-0.39, 0.29) is 6.29 Å². The molecule has 0 N–H and O–H groups in total. The topological polar surface area (TPSA) is 36.9 Å². The van der Waals surface area contributed by atoms with Crippen molar-refractivity contribution < 1.29 is 18.9 Å². The molecular weight excluding hydrogens is 208 g/mol. The highest BCUT2D eigenvalue weighted by atomic mass is 16.7. The van der Waals surface area contributed by atoms with Gasteiger partial charge in [-0.05, 0) is 19.1 Å². The van der Waals surface area contributed by atoms with Gasteiger partial charge in [0.1, 0.15) is 11.5 Å². The summed E-state index contributed by atoms with van der Waals surface area (Å²) in [6.07, 6.45) is -0.320. The predicted octanol–water partition coefficient (Wildman–Crippen LogP) is 2.06. The van der Waals surface area contributed by atoms with Crippen LogP contribution in [-0.2, 0) is 9.47 Å². The molecule has 0 spiro atoms. The smallest absolute Gasteiger partial charge is 0.187 e. The first kappa shape index (κ1) is 11.2. The third-order valence-corrected chi connectivity index (χ3v) is 2.69. The molecule has 1 fully saturated rings. The van der Waals surface area contributed by atoms with Crippen molar-refractivity contribution in [3.05, 3.63) is 23.3 Å². The Morgan fingerprint density at radius 2 is 1.81 bits per heavy atom. The van der Waals surface area contributed by atoms with Gasteiger partial charge in [0.15, 0.2) is 6.29 Å². The lowest BCUT2D eigenvalue weighted by atomic mass is 10.1. The van der Waals surface area contributed by atoms with Gasteiger partial charge in [-0.2, -0.15) is 0 Å². The molecule has 2 rings (SSSR count). The fourth-order valence-corrected chi connectivity index (χ4v) is 1.91. The molecular formula is C12H16O4. The van der Waals surface area contributed by atoms with Gasteiger partial charge in [0.2, 0.25) is 0 Å². The standard InChI is InChI=1S/C12H16O4/c1-8-10(13-2)5-4-9(11(8)14-3)12-15-6-7-16-12/h4-5,12H,6-7H2,1-3H3. The normalized spacial score (nSPS) is 16.4. The zero-order chi connectivity index (χ0) is 11.5. The van der Waals surface area contributed by atoms with Crippen LogP contribution >= 0.6 is 0 Å². The van der Waals surface area contributed by atoms with Crippen molar-refractivity contribution in [2.75, 3.05) is 27.4 Å². The largest absolute Gasteiger partial charge is 0.496 e. The minimum absolute atomic E-state index is 0.320. The Balaban J connectivity index is 2.40. The summed E-state index contributed by atoms with van der Waals surface area (Å²) in [7, 11) is 3.28. The number of rotatable bonds is 3. The lowest BCUT2D eigenvalue weighted by Crippen LogP contribution is -2.03. The summed E-state index contributed by atoms with van der Waals surface area (Å²) in [5.41, 5.74) is 1.87. The lowest BCUT2D eigenvalue weighted by molar-refractivity contribution is -0.0455. The SMILES string of the molecule is COc1ccc(C2OCCO2)c(OC)c1C. The molecule has 0 unspecified atom stereocenters. The van der Waals surface area contributed by atoms with E-state index in [2.05, 4.69) is 0 Å². The van der Waals surface area contributed by atoms with Gasteiger partial charge in [-0.15, -0.1) is 0 Å². The van der Waals surface area contributed by atoms with Crippen molar-refractivity contribution in [1.29, 1.82) is 0 Å². The first-order valence-corrected chi connectivity index (χ1v) is 5.22. The molecule has 0 saturated carbocycles. The van der Waals surface area contributed by atoms with E-state index in [1.54, 1.807) is 14.2 Å². The van der Waals surface area contributed by atoms with E-state index >= 15 is 0 Å². The second kappa shape index (κ2) is 4.72. The van der Waals surface area contributed by atoms with E-state index in [1.165, 1.54) is 0 Å². The van der Waals surface area contributed by atoms with Crippen LogP contribution in [0.3, 0.4) is 0 Å². The van der Waals surface area contributed by atoms with E-state index in [9.17, 15) is 0 Å². The third kappa shape index (κ3) is 1.86. The maximum Gasteiger partial charge on any atom is 0.187 e. The molecule has 0 amide bonds. The Labute approximate surface area is 95.1 Å². The summed E-state index contributed by atoms with van der Waals surface area (Å²) >= 11 is 0. The van der Waals surface area contributed by atoms with E-state index in [4.69, 9.17) is 18.9 Å². The molecule has 88 valence electrons. The second-order valence-electron chi connectivity index (χ2n) is 3.59. The Morgan fingerprint density at radius 3 is 2.38 bits per heavy atom. The van der Waals surface area contributed by atoms with Crippen LogP contribution < -0.4 is 9.47 Å². The summed E-state index contributed by atoms with van der Waals surface area (Å²) in [5, 5.41) is 0. The van der Waals surface area contributed by atoms with Gasteiger partial charge in [-0.1, -0.05) is 0 Å². The van der Waals surface area contributed by atoms with Crippen LogP contribution in [0.15, 0.2) is 12.1 Å². The van der Waals surface area contributed by atoms with Crippen molar-refractivity contribution in [2.24, 2.45) is 0 Å². The quantitative estimate of drug-likeness (QED) is 0.787. The third-order valence-electron chi connectivity index (χ3n) is 2.69. The number of methoxy groups -OCH3 is 2. The number of benzene rings is 1. The molecule has 1 aromatic rings. The van der Waals surface area contributed by atoms with E-state index < -0.39 is 0 Å². The van der Waals surface area contributed by atoms with Gasteiger partial charge < -0.3 is 18.9 Å². The number of hydrogen-bond donors (Lipinski definition) is 0. The maximum absolute atomic E-state index is 5.47. The fraction of sp³-hybridized carbons (Fsp3) is 0.500. The van der Waals surface area contributed by atoms with Gasteiger partial charge in [-0.3, -0.25) is 0 Å². The molecule has 1 aliphatic rings. The highest BCUT2D eigenvalue weighted by Gasteiger charge is 2.24. The molecule has 1 heterocycles. The van der Waals surface area contributed by atoms with Gasteiger partial charge in [0, 0.05) is 5.56 Å². The molecule has 1 saturated heterocycles. The van der Waals surface area contributed by atoms with Crippen LogP contribution in [0.5, 0.6) is 11.5 Å². The first-order chi connectivity index (χ1) is 7.77. The average Bonchev–Trinajstić information content (AvgIpc) is 2.82. The number of ether oxygens (including phenoxy) is 4. The van der Waals surface area contributed by atoms with Gasteiger partial charge >= 0.3 is 0 Å². The molecule has 1 aliphatic heterocycles. The fourth-order valence-electron chi connectivity index (χ4n) is 1.91. The first-order valence-electron chi connectivity index (χ1n) is 5.22. The van der Waals surface area contributed by atoms with Crippen molar-refractivity contribution in [2.45, 2.75) is 13.2 Å². The minimum atomic E-state index is -0.320. The van der Waals surface area contributed by atoms with Crippen LogP contribution in [0.25, 0.3) is 0 Å². The van der Waals surface area contributed by atoms with Crippen LogP contribution in [0.2, 0.25) is 0 Å². The Bertz CT molecular complexity index is 370. The molecule has 4 nitrogen and oxygen atoms in total. The summed E-state index contributed by atoms with van der Waals surface area (Å²) in [6.45, 7) is 3.20. The maximum atomic E-state index is 5.47. The second-order valence-corrected chi connectivity index (χ2v) is 3.59. The van der Waals surface area contributed by atoms with Crippen LogP contribution in [0.1, 0.15) is 17.4 Å². The van der Waals surface area contributed by atoms with Gasteiger partial charge in [0.25, 0.3) is 0 Å². The Hall–Kier alpha value is -1.26. The lowest BCUT2D eigenvalue weighted by Gasteiger charge is -2.17. The number of hydrogen-bond acceptors (Lipinski definition) is 4. The highest BCUT2D eigenvalue weighted by molar-refractivity contribution is 5.49. The molecule has 0 aromatic heterocycles. The highest BCUT2D eigenvalue weighted by Crippen LogP contribution is 2.37. The zero-order valence-electron chi connectivity index (χ0n) is 9.78. The summed E-state index contributed by atoms with van der Waals surface area (Å²) < 4.78 is 21.6. The van der Waals surface area contributed by atoms with Gasteiger partial charge in [-0.25, -0.2) is 0 Å². The van der Waals surface area contributed by atoms with Crippen molar-refractivity contribution >= 4 is 0 Å². The van der Waals surface area contributed by atoms with Crippen molar-refractivity contribution in [1.82, 2.24) is 0 Å². The summed E-state index contributed by atoms with van der Waals surface area (Å²) in [5.74, 6) is 1.57. The van der Waals surface area contributed by atoms with Gasteiger partial charge in [0.05, 0.1) is 33.0 Å². The molecule has 0 atom stereocenters. The Morgan fingerprint density at radius 1 is 1.12 bits per heavy atom. The Kier molecular flexibility index (Phi) is 3.31. The molecule has 4 heteroatoms. The zero-order valence-corrected chi connectivity index (χ0v) is 9.78. The molecule has 0 aliphatic carbocycles. The summed E-state index contributed by atoms with van der Waals surface area (Å²) in [4.78, 5) is 0. The minimum Gasteiger partial charge on any atom is -0.496 e. The molecule has 1 aromatic carbocycles. The van der Waals surface area contributed by atoms with Crippen LogP contribution in [0, 0.1) is 6.92 Å². The van der Waals surface area contributed by atoms with Crippen molar-refractivity contribution in [3.63, 3.8) is 0 Å². The van der Waals surface area contributed by atoms with Crippen LogP contribution in [0.4, 0.5) is 0 Å². The summed E-state index contributed by atoms with van der Waals surface area (Å²) in [6, 6.07) is 3.82.